The van der Waals surface area contributed by atoms with E-state index in [-0.39, 0.29) is 18.0 Å². The standard InChI is InChI=1S/C23H26N4O/c1-4-5-22(28)26-20(18-10-6-16(2)7-11-18)14-21(27-23(26)24-15-25-27)19-12-8-17(3)9-13-19/h6-13,15,20-21H,4-5,14H2,1-3H3. The molecule has 0 N–H and O–H groups in total. The number of hydrogen-bond acceptors (Lipinski definition) is 3. The van der Waals surface area contributed by atoms with E-state index in [0.29, 0.717) is 12.4 Å². The Morgan fingerprint density at radius 2 is 1.54 bits per heavy atom. The van der Waals surface area contributed by atoms with Crippen molar-refractivity contribution in [3.63, 3.8) is 0 Å². The Labute approximate surface area is 166 Å². The molecule has 0 bridgehead atoms. The van der Waals surface area contributed by atoms with Crippen LogP contribution in [0.25, 0.3) is 0 Å². The SMILES string of the molecule is CCCC(=O)N1c2ncnn2C(c2ccc(C)cc2)CC1c1ccc(C)cc1. The van der Waals surface area contributed by atoms with Crippen molar-refractivity contribution in [1.29, 1.82) is 0 Å². The van der Waals surface area contributed by atoms with Gasteiger partial charge in [0.05, 0.1) is 12.1 Å². The lowest BCUT2D eigenvalue weighted by molar-refractivity contribution is -0.119. The third-order valence-corrected chi connectivity index (χ3v) is 5.48. The fourth-order valence-electron chi connectivity index (χ4n) is 3.95. The fourth-order valence-corrected chi connectivity index (χ4v) is 3.95. The Balaban J connectivity index is 1.81. The van der Waals surface area contributed by atoms with E-state index >= 15 is 0 Å². The average molecular weight is 374 g/mol. The van der Waals surface area contributed by atoms with Crippen LogP contribution in [0.2, 0.25) is 0 Å². The summed E-state index contributed by atoms with van der Waals surface area (Å²) in [5.41, 5.74) is 4.77. The Hall–Kier alpha value is -2.95. The fraction of sp³-hybridized carbons (Fsp3) is 0.348. The van der Waals surface area contributed by atoms with E-state index < -0.39 is 0 Å². The van der Waals surface area contributed by atoms with Crippen LogP contribution in [0.5, 0.6) is 0 Å². The molecule has 0 saturated carbocycles. The van der Waals surface area contributed by atoms with Gasteiger partial charge in [-0.3, -0.25) is 9.69 Å². The minimum Gasteiger partial charge on any atom is -0.274 e. The second kappa shape index (κ2) is 7.58. The normalized spacial score (nSPS) is 18.8. The summed E-state index contributed by atoms with van der Waals surface area (Å²) in [6.45, 7) is 6.20. The van der Waals surface area contributed by atoms with Gasteiger partial charge in [0, 0.05) is 6.42 Å². The van der Waals surface area contributed by atoms with Crippen LogP contribution in [0, 0.1) is 13.8 Å². The van der Waals surface area contributed by atoms with Gasteiger partial charge in [0.25, 0.3) is 0 Å². The van der Waals surface area contributed by atoms with Crippen LogP contribution in [-0.2, 0) is 4.79 Å². The van der Waals surface area contributed by atoms with Gasteiger partial charge in [0.2, 0.25) is 11.9 Å². The molecule has 0 spiro atoms. The van der Waals surface area contributed by atoms with E-state index in [0.717, 1.165) is 18.4 Å². The maximum atomic E-state index is 13.0. The second-order valence-electron chi connectivity index (χ2n) is 7.61. The summed E-state index contributed by atoms with van der Waals surface area (Å²) in [6, 6.07) is 17.0. The highest BCUT2D eigenvalue weighted by atomic mass is 16.2. The number of benzene rings is 2. The molecule has 28 heavy (non-hydrogen) atoms. The summed E-state index contributed by atoms with van der Waals surface area (Å²) in [5.74, 6) is 0.741. The summed E-state index contributed by atoms with van der Waals surface area (Å²) < 4.78 is 1.91. The first kappa shape index (κ1) is 18.4. The third kappa shape index (κ3) is 3.33. The summed E-state index contributed by atoms with van der Waals surface area (Å²) >= 11 is 0. The first-order valence-corrected chi connectivity index (χ1v) is 9.93. The predicted molar refractivity (Wildman–Crippen MR) is 110 cm³/mol. The Morgan fingerprint density at radius 3 is 2.11 bits per heavy atom. The second-order valence-corrected chi connectivity index (χ2v) is 7.61. The molecule has 144 valence electrons. The number of amides is 1. The zero-order valence-electron chi connectivity index (χ0n) is 16.7. The molecular formula is C23H26N4O. The molecule has 2 heterocycles. The Bertz CT molecular complexity index is 959. The predicted octanol–water partition coefficient (Wildman–Crippen LogP) is 4.76. The first-order valence-electron chi connectivity index (χ1n) is 9.93. The Morgan fingerprint density at radius 1 is 0.964 bits per heavy atom. The molecule has 3 aromatic rings. The van der Waals surface area contributed by atoms with E-state index in [2.05, 4.69) is 72.5 Å². The number of anilines is 1. The van der Waals surface area contributed by atoms with Crippen LogP contribution in [-0.4, -0.2) is 20.7 Å². The van der Waals surface area contributed by atoms with Crippen molar-refractivity contribution in [2.45, 2.75) is 52.1 Å². The highest BCUT2D eigenvalue weighted by Crippen LogP contribution is 2.42. The van der Waals surface area contributed by atoms with Crippen molar-refractivity contribution < 1.29 is 4.79 Å². The molecule has 2 aromatic carbocycles. The van der Waals surface area contributed by atoms with Crippen molar-refractivity contribution in [2.75, 3.05) is 4.90 Å². The van der Waals surface area contributed by atoms with Crippen LogP contribution in [0.4, 0.5) is 5.95 Å². The van der Waals surface area contributed by atoms with Gasteiger partial charge in [0.1, 0.15) is 6.33 Å². The van der Waals surface area contributed by atoms with Gasteiger partial charge >= 0.3 is 0 Å². The zero-order valence-corrected chi connectivity index (χ0v) is 16.7. The summed E-state index contributed by atoms with van der Waals surface area (Å²) in [6.07, 6.45) is 3.65. The molecule has 0 radical (unpaired) electrons. The van der Waals surface area contributed by atoms with E-state index in [1.165, 1.54) is 16.7 Å². The monoisotopic (exact) mass is 374 g/mol. The van der Waals surface area contributed by atoms with Crippen LogP contribution < -0.4 is 4.90 Å². The molecule has 0 aliphatic carbocycles. The third-order valence-electron chi connectivity index (χ3n) is 5.48. The van der Waals surface area contributed by atoms with Crippen molar-refractivity contribution in [3.8, 4) is 0 Å². The average Bonchev–Trinajstić information content (AvgIpc) is 3.18. The number of rotatable bonds is 4. The summed E-state index contributed by atoms with van der Waals surface area (Å²) in [4.78, 5) is 19.4. The van der Waals surface area contributed by atoms with Crippen LogP contribution >= 0.6 is 0 Å². The van der Waals surface area contributed by atoms with Gasteiger partial charge < -0.3 is 0 Å². The van der Waals surface area contributed by atoms with Crippen LogP contribution in [0.1, 0.15) is 60.5 Å². The maximum absolute atomic E-state index is 13.0. The maximum Gasteiger partial charge on any atom is 0.231 e. The van der Waals surface area contributed by atoms with Crippen molar-refractivity contribution in [3.05, 3.63) is 77.1 Å². The van der Waals surface area contributed by atoms with Crippen molar-refractivity contribution >= 4 is 11.9 Å². The molecule has 1 aliphatic rings. The lowest BCUT2D eigenvalue weighted by Crippen LogP contribution is -2.42. The molecule has 1 amide bonds. The lowest BCUT2D eigenvalue weighted by Gasteiger charge is -2.39. The number of fused-ring (bicyclic) bond motifs is 1. The number of carbonyl (C=O) groups excluding carboxylic acids is 1. The smallest absolute Gasteiger partial charge is 0.231 e. The topological polar surface area (TPSA) is 51.0 Å². The van der Waals surface area contributed by atoms with E-state index in [9.17, 15) is 4.79 Å². The first-order chi connectivity index (χ1) is 13.6. The van der Waals surface area contributed by atoms with Gasteiger partial charge in [-0.05, 0) is 37.8 Å². The number of nitrogens with zero attached hydrogens (tertiary/aromatic N) is 4. The van der Waals surface area contributed by atoms with Crippen molar-refractivity contribution in [1.82, 2.24) is 14.8 Å². The number of carbonyl (C=O) groups is 1. The van der Waals surface area contributed by atoms with Crippen LogP contribution in [0.15, 0.2) is 54.9 Å². The largest absolute Gasteiger partial charge is 0.274 e. The van der Waals surface area contributed by atoms with E-state index in [1.54, 1.807) is 6.33 Å². The lowest BCUT2D eigenvalue weighted by atomic mass is 9.91. The van der Waals surface area contributed by atoms with Crippen molar-refractivity contribution in [2.24, 2.45) is 0 Å². The summed E-state index contributed by atoms with van der Waals surface area (Å²) in [7, 11) is 0. The van der Waals surface area contributed by atoms with E-state index in [1.807, 2.05) is 16.5 Å². The molecular weight excluding hydrogens is 348 g/mol. The van der Waals surface area contributed by atoms with Crippen LogP contribution in [0.3, 0.4) is 0 Å². The molecule has 5 nitrogen and oxygen atoms in total. The highest BCUT2D eigenvalue weighted by Gasteiger charge is 2.38. The number of hydrogen-bond donors (Lipinski definition) is 0. The molecule has 1 aromatic heterocycles. The molecule has 4 rings (SSSR count). The molecule has 0 fully saturated rings. The minimum absolute atomic E-state index is 0.0510. The van der Waals surface area contributed by atoms with Gasteiger partial charge in [0.15, 0.2) is 0 Å². The molecule has 1 aliphatic heterocycles. The number of aryl methyl sites for hydroxylation is 2. The van der Waals surface area contributed by atoms with Gasteiger partial charge in [-0.2, -0.15) is 10.1 Å². The molecule has 0 saturated heterocycles. The zero-order chi connectivity index (χ0) is 19.7. The van der Waals surface area contributed by atoms with Gasteiger partial charge in [-0.15, -0.1) is 0 Å². The molecule has 2 unspecified atom stereocenters. The van der Waals surface area contributed by atoms with Gasteiger partial charge in [-0.25, -0.2) is 4.68 Å². The molecule has 5 heteroatoms. The quantitative estimate of drug-likeness (QED) is 0.661. The minimum atomic E-state index is -0.0531. The Kier molecular flexibility index (Phi) is 4.99. The highest BCUT2D eigenvalue weighted by molar-refractivity contribution is 5.92. The molecule has 2 atom stereocenters. The number of aromatic nitrogens is 3. The van der Waals surface area contributed by atoms with E-state index in [4.69, 9.17) is 0 Å². The van der Waals surface area contributed by atoms with Gasteiger partial charge in [-0.1, -0.05) is 66.6 Å². The summed E-state index contributed by atoms with van der Waals surface area (Å²) in [5, 5.41) is 4.48.